The summed E-state index contributed by atoms with van der Waals surface area (Å²) in [5.41, 5.74) is 3.09. The zero-order chi connectivity index (χ0) is 14.5. The molecule has 0 radical (unpaired) electrons. The third kappa shape index (κ3) is 2.45. The second-order valence-electron chi connectivity index (χ2n) is 8.43. The van der Waals surface area contributed by atoms with Gasteiger partial charge in [-0.15, -0.1) is 0 Å². The fraction of sp³-hybridized carbons (Fsp3) is 0.722. The summed E-state index contributed by atoms with van der Waals surface area (Å²) in [5.74, 6) is 0.347. The van der Waals surface area contributed by atoms with E-state index in [1.165, 1.54) is 25.0 Å². The summed E-state index contributed by atoms with van der Waals surface area (Å²) >= 11 is 0. The first-order valence-electron chi connectivity index (χ1n) is 8.00. The van der Waals surface area contributed by atoms with Gasteiger partial charge in [-0.25, -0.2) is 0 Å². The predicted octanol–water partition coefficient (Wildman–Crippen LogP) is 4.78. The van der Waals surface area contributed by atoms with Gasteiger partial charge in [0.15, 0.2) is 5.78 Å². The summed E-state index contributed by atoms with van der Waals surface area (Å²) in [6.45, 7) is 9.56. The smallest absolute Gasteiger partial charge is 0.164 e. The highest BCUT2D eigenvalue weighted by Gasteiger charge is 2.39. The Bertz CT molecular complexity index is 520. The van der Waals surface area contributed by atoms with Gasteiger partial charge in [0.2, 0.25) is 0 Å². The Kier molecular flexibility index (Phi) is 3.11. The molecule has 1 saturated carbocycles. The molecule has 1 aromatic rings. The molecule has 1 heterocycles. The lowest BCUT2D eigenvalue weighted by molar-refractivity contribution is 0.0711. The molecular weight excluding hydrogens is 246 g/mol. The van der Waals surface area contributed by atoms with Crippen molar-refractivity contribution in [2.75, 3.05) is 0 Å². The molecule has 0 bridgehead atoms. The van der Waals surface area contributed by atoms with Crippen molar-refractivity contribution >= 4 is 5.78 Å². The van der Waals surface area contributed by atoms with Crippen molar-refractivity contribution in [3.63, 3.8) is 0 Å². The fourth-order valence-electron chi connectivity index (χ4n) is 4.88. The summed E-state index contributed by atoms with van der Waals surface area (Å²) in [6.07, 6.45) is 8.76. The van der Waals surface area contributed by atoms with Crippen LogP contribution in [0.25, 0.3) is 0 Å². The second kappa shape index (κ2) is 4.47. The van der Waals surface area contributed by atoms with Gasteiger partial charge in [0.25, 0.3) is 0 Å². The third-order valence-corrected chi connectivity index (χ3v) is 5.07. The summed E-state index contributed by atoms with van der Waals surface area (Å²) in [5, 5.41) is 0. The van der Waals surface area contributed by atoms with Gasteiger partial charge in [0.1, 0.15) is 0 Å². The van der Waals surface area contributed by atoms with Crippen molar-refractivity contribution in [2.45, 2.75) is 72.3 Å². The number of nitrogens with zero attached hydrogens (tertiary/aromatic N) is 1. The van der Waals surface area contributed by atoms with Gasteiger partial charge >= 0.3 is 0 Å². The number of aromatic nitrogens is 1. The first-order valence-corrected chi connectivity index (χ1v) is 8.00. The number of rotatable bonds is 1. The molecule has 0 spiro atoms. The van der Waals surface area contributed by atoms with Crippen LogP contribution in [0.15, 0.2) is 12.3 Å². The van der Waals surface area contributed by atoms with E-state index in [9.17, 15) is 4.79 Å². The number of hydrogen-bond acceptors (Lipinski definition) is 1. The molecule has 2 heteroatoms. The molecule has 3 rings (SSSR count). The van der Waals surface area contributed by atoms with Crippen LogP contribution in [0.5, 0.6) is 0 Å². The SMILES string of the molecule is CC1(C)CC(n2ccc3c2CCCC3=O)CC(C)(C)C1. The first kappa shape index (κ1) is 13.9. The van der Waals surface area contributed by atoms with Crippen LogP contribution in [0.1, 0.15) is 81.9 Å². The largest absolute Gasteiger partial charge is 0.348 e. The molecule has 0 N–H and O–H groups in total. The monoisotopic (exact) mass is 273 g/mol. The van der Waals surface area contributed by atoms with Crippen LogP contribution in [0, 0.1) is 10.8 Å². The van der Waals surface area contributed by atoms with E-state index in [1.807, 2.05) is 0 Å². The van der Waals surface area contributed by atoms with Crippen LogP contribution < -0.4 is 0 Å². The third-order valence-electron chi connectivity index (χ3n) is 5.07. The minimum atomic E-state index is 0.347. The van der Waals surface area contributed by atoms with Crippen molar-refractivity contribution in [2.24, 2.45) is 10.8 Å². The number of fused-ring (bicyclic) bond motifs is 1. The Morgan fingerprint density at radius 3 is 2.40 bits per heavy atom. The van der Waals surface area contributed by atoms with Crippen LogP contribution in [-0.4, -0.2) is 10.4 Å². The van der Waals surface area contributed by atoms with Crippen LogP contribution in [-0.2, 0) is 6.42 Å². The summed E-state index contributed by atoms with van der Waals surface area (Å²) in [4.78, 5) is 12.0. The van der Waals surface area contributed by atoms with Crippen LogP contribution >= 0.6 is 0 Å². The predicted molar refractivity (Wildman–Crippen MR) is 82.2 cm³/mol. The van der Waals surface area contributed by atoms with Gasteiger partial charge in [-0.05, 0) is 49.0 Å². The van der Waals surface area contributed by atoms with E-state index in [1.54, 1.807) is 0 Å². The van der Waals surface area contributed by atoms with Crippen molar-refractivity contribution in [3.8, 4) is 0 Å². The molecule has 2 aliphatic rings. The van der Waals surface area contributed by atoms with E-state index in [-0.39, 0.29) is 0 Å². The van der Waals surface area contributed by atoms with Crippen LogP contribution in [0.3, 0.4) is 0 Å². The number of carbonyl (C=O) groups excluding carboxylic acids is 1. The second-order valence-corrected chi connectivity index (χ2v) is 8.43. The molecule has 0 aliphatic heterocycles. The number of ketones is 1. The number of hydrogen-bond donors (Lipinski definition) is 0. The lowest BCUT2D eigenvalue weighted by Gasteiger charge is -2.46. The maximum absolute atomic E-state index is 12.0. The normalized spacial score (nSPS) is 25.5. The lowest BCUT2D eigenvalue weighted by Crippen LogP contribution is -2.35. The Morgan fingerprint density at radius 2 is 1.75 bits per heavy atom. The minimum absolute atomic E-state index is 0.347. The van der Waals surface area contributed by atoms with E-state index in [4.69, 9.17) is 0 Å². The van der Waals surface area contributed by atoms with Crippen molar-refractivity contribution in [1.29, 1.82) is 0 Å². The van der Waals surface area contributed by atoms with Gasteiger partial charge in [0, 0.05) is 29.9 Å². The highest BCUT2D eigenvalue weighted by atomic mass is 16.1. The molecule has 2 nitrogen and oxygen atoms in total. The van der Waals surface area contributed by atoms with Gasteiger partial charge < -0.3 is 4.57 Å². The number of carbonyl (C=O) groups is 1. The van der Waals surface area contributed by atoms with E-state index in [0.717, 1.165) is 24.8 Å². The van der Waals surface area contributed by atoms with Gasteiger partial charge in [0.05, 0.1) is 0 Å². The van der Waals surface area contributed by atoms with Crippen molar-refractivity contribution in [3.05, 3.63) is 23.5 Å². The van der Waals surface area contributed by atoms with E-state index < -0.39 is 0 Å². The average Bonchev–Trinajstić information content (AvgIpc) is 2.69. The van der Waals surface area contributed by atoms with Crippen LogP contribution in [0.2, 0.25) is 0 Å². The molecule has 2 aliphatic carbocycles. The van der Waals surface area contributed by atoms with Gasteiger partial charge in [-0.1, -0.05) is 27.7 Å². The lowest BCUT2D eigenvalue weighted by atomic mass is 9.63. The highest BCUT2D eigenvalue weighted by molar-refractivity contribution is 5.98. The zero-order valence-corrected chi connectivity index (χ0v) is 13.3. The molecule has 1 fully saturated rings. The quantitative estimate of drug-likeness (QED) is 0.721. The molecular formula is C18H27NO. The number of Topliss-reactive ketones (excluding diaryl/α,β-unsaturated/α-hetero) is 1. The summed E-state index contributed by atoms with van der Waals surface area (Å²) in [7, 11) is 0. The maximum atomic E-state index is 12.0. The molecule has 0 saturated heterocycles. The molecule has 0 amide bonds. The maximum Gasteiger partial charge on any atom is 0.164 e. The van der Waals surface area contributed by atoms with E-state index >= 15 is 0 Å². The zero-order valence-electron chi connectivity index (χ0n) is 13.3. The highest BCUT2D eigenvalue weighted by Crippen LogP contribution is 2.50. The molecule has 0 aromatic carbocycles. The van der Waals surface area contributed by atoms with Crippen molar-refractivity contribution in [1.82, 2.24) is 4.57 Å². The summed E-state index contributed by atoms with van der Waals surface area (Å²) in [6, 6.07) is 2.62. The van der Waals surface area contributed by atoms with Gasteiger partial charge in [-0.2, -0.15) is 0 Å². The topological polar surface area (TPSA) is 22.0 Å². The Morgan fingerprint density at radius 1 is 1.10 bits per heavy atom. The van der Waals surface area contributed by atoms with Gasteiger partial charge in [-0.3, -0.25) is 4.79 Å². The Labute approximate surface area is 122 Å². The Hall–Kier alpha value is -1.05. The first-order chi connectivity index (χ1) is 9.27. The average molecular weight is 273 g/mol. The Balaban J connectivity index is 1.95. The van der Waals surface area contributed by atoms with E-state index in [2.05, 4.69) is 44.5 Å². The summed E-state index contributed by atoms with van der Waals surface area (Å²) < 4.78 is 2.44. The minimum Gasteiger partial charge on any atom is -0.348 e. The molecule has 0 unspecified atom stereocenters. The van der Waals surface area contributed by atoms with E-state index in [0.29, 0.717) is 22.7 Å². The molecule has 0 atom stereocenters. The molecule has 1 aromatic heterocycles. The fourth-order valence-corrected chi connectivity index (χ4v) is 4.88. The van der Waals surface area contributed by atoms with Crippen molar-refractivity contribution < 1.29 is 4.79 Å². The standard InChI is InChI=1S/C18H27NO/c1-17(2)10-13(11-18(3,4)12-17)19-9-8-14-15(19)6-5-7-16(14)20/h8-9,13H,5-7,10-12H2,1-4H3. The molecule has 110 valence electrons. The van der Waals surface area contributed by atoms with Crippen LogP contribution in [0.4, 0.5) is 0 Å². The molecule has 20 heavy (non-hydrogen) atoms.